The zero-order chi connectivity index (χ0) is 26.0. The molecule has 0 spiro atoms. The average Bonchev–Trinajstić information content (AvgIpc) is 2.83. The normalized spacial score (nSPS) is 12.3. The van der Waals surface area contributed by atoms with Gasteiger partial charge in [-0.2, -0.15) is 0 Å². The Balaban J connectivity index is 2.12. The lowest BCUT2D eigenvalue weighted by Crippen LogP contribution is -2.48. The molecule has 0 aliphatic carbocycles. The van der Waals surface area contributed by atoms with Gasteiger partial charge in [-0.05, 0) is 48.9 Å². The lowest BCUT2D eigenvalue weighted by atomic mass is 10.1. The minimum Gasteiger partial charge on any atom is -0.354 e. The Morgan fingerprint density at radius 2 is 1.57 bits per heavy atom. The monoisotopic (exact) mass is 501 g/mol. The Kier molecular flexibility index (Phi) is 10.8. The fourth-order valence-corrected chi connectivity index (χ4v) is 4.68. The summed E-state index contributed by atoms with van der Waals surface area (Å²) in [5.41, 5.74) is 2.64. The summed E-state index contributed by atoms with van der Waals surface area (Å²) in [4.78, 5) is 27.6. The minimum atomic E-state index is -3.51. The van der Waals surface area contributed by atoms with Crippen LogP contribution in [0.2, 0.25) is 0 Å². The predicted molar refractivity (Wildman–Crippen MR) is 142 cm³/mol. The Hall–Kier alpha value is -2.87. The molecule has 1 atom stereocenters. The quantitative estimate of drug-likeness (QED) is 0.450. The van der Waals surface area contributed by atoms with Crippen molar-refractivity contribution in [3.63, 3.8) is 0 Å². The molecule has 192 valence electrons. The van der Waals surface area contributed by atoms with Crippen LogP contribution in [0.1, 0.15) is 51.7 Å². The van der Waals surface area contributed by atoms with Gasteiger partial charge in [-0.1, -0.05) is 63.2 Å². The maximum absolute atomic E-state index is 13.3. The second-order valence-corrected chi connectivity index (χ2v) is 11.2. The SMILES string of the molecule is CCc1ccc(N(CCCC(=O)N(Cc2ccccc2)C(C)C(=O)NCC(C)C)S(C)(=O)=O)cc1. The molecule has 0 saturated heterocycles. The van der Waals surface area contributed by atoms with Crippen molar-refractivity contribution in [2.24, 2.45) is 5.92 Å². The van der Waals surface area contributed by atoms with E-state index < -0.39 is 16.1 Å². The van der Waals surface area contributed by atoms with Gasteiger partial charge in [-0.3, -0.25) is 13.9 Å². The summed E-state index contributed by atoms with van der Waals surface area (Å²) in [7, 11) is -3.51. The van der Waals surface area contributed by atoms with E-state index in [0.29, 0.717) is 31.1 Å². The first-order valence-electron chi connectivity index (χ1n) is 12.2. The zero-order valence-corrected chi connectivity index (χ0v) is 22.3. The van der Waals surface area contributed by atoms with E-state index in [1.807, 2.05) is 63.2 Å². The molecule has 2 aromatic carbocycles. The topological polar surface area (TPSA) is 86.8 Å². The molecule has 8 heteroatoms. The number of sulfonamides is 1. The van der Waals surface area contributed by atoms with E-state index in [4.69, 9.17) is 0 Å². The minimum absolute atomic E-state index is 0.133. The van der Waals surface area contributed by atoms with Crippen LogP contribution in [0, 0.1) is 5.92 Å². The molecule has 7 nitrogen and oxygen atoms in total. The molecule has 0 aliphatic rings. The van der Waals surface area contributed by atoms with Crippen LogP contribution in [0.25, 0.3) is 0 Å². The maximum Gasteiger partial charge on any atom is 0.242 e. The van der Waals surface area contributed by atoms with Crippen LogP contribution >= 0.6 is 0 Å². The van der Waals surface area contributed by atoms with Crippen molar-refractivity contribution in [2.45, 2.75) is 59.5 Å². The molecule has 0 heterocycles. The smallest absolute Gasteiger partial charge is 0.242 e. The van der Waals surface area contributed by atoms with Gasteiger partial charge >= 0.3 is 0 Å². The van der Waals surface area contributed by atoms with Gasteiger partial charge in [0.2, 0.25) is 21.8 Å². The second kappa shape index (κ2) is 13.3. The van der Waals surface area contributed by atoms with E-state index in [1.54, 1.807) is 24.0 Å². The molecule has 1 N–H and O–H groups in total. The van der Waals surface area contributed by atoms with Crippen LogP contribution in [-0.4, -0.2) is 50.5 Å². The number of nitrogens with one attached hydrogen (secondary N) is 1. The molecule has 0 saturated carbocycles. The number of rotatable bonds is 13. The van der Waals surface area contributed by atoms with Gasteiger partial charge in [0.25, 0.3) is 0 Å². The molecule has 2 aromatic rings. The molecule has 0 fully saturated rings. The molecule has 2 amide bonds. The van der Waals surface area contributed by atoms with E-state index in [2.05, 4.69) is 5.32 Å². The van der Waals surface area contributed by atoms with Crippen molar-refractivity contribution in [1.29, 1.82) is 0 Å². The second-order valence-electron chi connectivity index (χ2n) is 9.28. The molecule has 1 unspecified atom stereocenters. The molecule has 2 rings (SSSR count). The molecule has 0 aromatic heterocycles. The van der Waals surface area contributed by atoms with Gasteiger partial charge in [-0.25, -0.2) is 8.42 Å². The first-order valence-corrected chi connectivity index (χ1v) is 14.1. The van der Waals surface area contributed by atoms with E-state index in [9.17, 15) is 18.0 Å². The lowest BCUT2D eigenvalue weighted by Gasteiger charge is -2.29. The molecule has 0 bridgehead atoms. The van der Waals surface area contributed by atoms with Crippen molar-refractivity contribution in [2.75, 3.05) is 23.7 Å². The number of aryl methyl sites for hydroxylation is 1. The highest BCUT2D eigenvalue weighted by Crippen LogP contribution is 2.20. The van der Waals surface area contributed by atoms with Gasteiger partial charge in [0.15, 0.2) is 0 Å². The molecule has 35 heavy (non-hydrogen) atoms. The third-order valence-electron chi connectivity index (χ3n) is 5.83. The van der Waals surface area contributed by atoms with Crippen LogP contribution in [-0.2, 0) is 32.6 Å². The van der Waals surface area contributed by atoms with Gasteiger partial charge < -0.3 is 10.2 Å². The predicted octanol–water partition coefficient (Wildman–Crippen LogP) is 3.98. The summed E-state index contributed by atoms with van der Waals surface area (Å²) < 4.78 is 26.2. The van der Waals surface area contributed by atoms with Gasteiger partial charge in [0.1, 0.15) is 6.04 Å². The van der Waals surface area contributed by atoms with Crippen LogP contribution in [0.15, 0.2) is 54.6 Å². The molecular formula is C27H39N3O4S. The summed E-state index contributed by atoms with van der Waals surface area (Å²) in [6.07, 6.45) is 2.51. The average molecular weight is 502 g/mol. The van der Waals surface area contributed by atoms with Gasteiger partial charge in [-0.15, -0.1) is 0 Å². The Labute approximate surface area is 210 Å². The van der Waals surface area contributed by atoms with Crippen molar-refractivity contribution in [1.82, 2.24) is 10.2 Å². The fraction of sp³-hybridized carbons (Fsp3) is 0.481. The summed E-state index contributed by atoms with van der Waals surface area (Å²) >= 11 is 0. The molecule has 0 aliphatic heterocycles. The number of carbonyl (C=O) groups excluding carboxylic acids is 2. The van der Waals surface area contributed by atoms with Gasteiger partial charge in [0.05, 0.1) is 11.9 Å². The first-order chi connectivity index (χ1) is 16.5. The molecular weight excluding hydrogens is 462 g/mol. The number of amides is 2. The third kappa shape index (κ3) is 9.02. The maximum atomic E-state index is 13.3. The third-order valence-corrected chi connectivity index (χ3v) is 7.03. The van der Waals surface area contributed by atoms with E-state index >= 15 is 0 Å². The summed E-state index contributed by atoms with van der Waals surface area (Å²) in [5.74, 6) is -0.0783. The number of benzene rings is 2. The largest absolute Gasteiger partial charge is 0.354 e. The summed E-state index contributed by atoms with van der Waals surface area (Å²) in [6.45, 7) is 8.83. The number of hydrogen-bond donors (Lipinski definition) is 1. The van der Waals surface area contributed by atoms with E-state index in [-0.39, 0.29) is 24.8 Å². The van der Waals surface area contributed by atoms with E-state index in [1.165, 1.54) is 10.6 Å². The highest BCUT2D eigenvalue weighted by Gasteiger charge is 2.26. The van der Waals surface area contributed by atoms with Crippen LogP contribution in [0.3, 0.4) is 0 Å². The van der Waals surface area contributed by atoms with Crippen molar-refractivity contribution >= 4 is 27.5 Å². The standard InChI is InChI=1S/C27H39N3O4S/c1-6-23-14-16-25(17-15-23)30(35(5,33)34)18-10-13-26(31)29(20-24-11-8-7-9-12-24)22(4)27(32)28-19-21(2)3/h7-9,11-12,14-17,21-22H,6,10,13,18-20H2,1-5H3,(H,28,32). The Morgan fingerprint density at radius 1 is 0.943 bits per heavy atom. The zero-order valence-electron chi connectivity index (χ0n) is 21.5. The fourth-order valence-electron chi connectivity index (χ4n) is 3.72. The number of nitrogens with zero attached hydrogens (tertiary/aromatic N) is 2. The number of carbonyl (C=O) groups is 2. The Bertz CT molecular complexity index is 1050. The number of anilines is 1. The Morgan fingerprint density at radius 3 is 2.11 bits per heavy atom. The first kappa shape index (κ1) is 28.4. The highest BCUT2D eigenvalue weighted by molar-refractivity contribution is 7.92. The van der Waals surface area contributed by atoms with Gasteiger partial charge in [0, 0.05) is 26.1 Å². The van der Waals surface area contributed by atoms with Crippen LogP contribution < -0.4 is 9.62 Å². The van der Waals surface area contributed by atoms with Crippen LogP contribution in [0.5, 0.6) is 0 Å². The summed E-state index contributed by atoms with van der Waals surface area (Å²) in [5, 5.41) is 2.91. The highest BCUT2D eigenvalue weighted by atomic mass is 32.2. The number of hydrogen-bond acceptors (Lipinski definition) is 4. The molecule has 0 radical (unpaired) electrons. The van der Waals surface area contributed by atoms with Crippen molar-refractivity contribution < 1.29 is 18.0 Å². The van der Waals surface area contributed by atoms with Crippen molar-refractivity contribution in [3.05, 3.63) is 65.7 Å². The van der Waals surface area contributed by atoms with Crippen molar-refractivity contribution in [3.8, 4) is 0 Å². The lowest BCUT2D eigenvalue weighted by molar-refractivity contribution is -0.140. The summed E-state index contributed by atoms with van der Waals surface area (Å²) in [6, 6.07) is 16.3. The van der Waals surface area contributed by atoms with Crippen LogP contribution in [0.4, 0.5) is 5.69 Å². The van der Waals surface area contributed by atoms with E-state index in [0.717, 1.165) is 17.5 Å².